The standard InChI is InChI=1S/C23H30N2O2/c1-18-15-25(22(26)27-23(2,3)4)21(20-13-9-6-10-14-20)17-24(18)16-19-11-7-5-8-12-19/h5-14,18,21H,15-17H2,1-4H3/t18-,21-/m1/s1. The predicted molar refractivity (Wildman–Crippen MR) is 108 cm³/mol. The fourth-order valence-corrected chi connectivity index (χ4v) is 3.55. The molecule has 144 valence electrons. The fraction of sp³-hybridized carbons (Fsp3) is 0.435. The second kappa shape index (κ2) is 8.13. The van der Waals surface area contributed by atoms with Gasteiger partial charge in [-0.05, 0) is 38.8 Å². The topological polar surface area (TPSA) is 32.8 Å². The number of carbonyl (C=O) groups is 1. The van der Waals surface area contributed by atoms with Gasteiger partial charge in [0.2, 0.25) is 0 Å². The first-order valence-electron chi connectivity index (χ1n) is 9.66. The summed E-state index contributed by atoms with van der Waals surface area (Å²) in [6.07, 6.45) is -0.234. The monoisotopic (exact) mass is 366 g/mol. The van der Waals surface area contributed by atoms with E-state index in [9.17, 15) is 4.79 Å². The van der Waals surface area contributed by atoms with E-state index >= 15 is 0 Å². The summed E-state index contributed by atoms with van der Waals surface area (Å²) in [5.74, 6) is 0. The first kappa shape index (κ1) is 19.4. The summed E-state index contributed by atoms with van der Waals surface area (Å²) in [6.45, 7) is 10.3. The minimum atomic E-state index is -0.497. The van der Waals surface area contributed by atoms with Crippen LogP contribution in [0.4, 0.5) is 4.79 Å². The Morgan fingerprint density at radius 3 is 2.19 bits per heavy atom. The van der Waals surface area contributed by atoms with Crippen molar-refractivity contribution in [1.82, 2.24) is 9.80 Å². The zero-order valence-electron chi connectivity index (χ0n) is 16.8. The minimum Gasteiger partial charge on any atom is -0.444 e. The van der Waals surface area contributed by atoms with Gasteiger partial charge in [0.1, 0.15) is 5.60 Å². The Bertz CT molecular complexity index is 740. The van der Waals surface area contributed by atoms with Crippen molar-refractivity contribution in [2.24, 2.45) is 0 Å². The molecular formula is C23H30N2O2. The molecule has 0 spiro atoms. The number of ether oxygens (including phenoxy) is 1. The Balaban J connectivity index is 1.83. The Labute approximate surface area is 162 Å². The number of benzene rings is 2. The lowest BCUT2D eigenvalue weighted by molar-refractivity contribution is -0.0159. The molecule has 4 heteroatoms. The third-order valence-electron chi connectivity index (χ3n) is 4.91. The maximum absolute atomic E-state index is 12.9. The highest BCUT2D eigenvalue weighted by Crippen LogP contribution is 2.30. The lowest BCUT2D eigenvalue weighted by atomic mass is 9.99. The van der Waals surface area contributed by atoms with Crippen LogP contribution in [-0.4, -0.2) is 40.6 Å². The molecule has 1 saturated heterocycles. The van der Waals surface area contributed by atoms with E-state index in [2.05, 4.69) is 48.2 Å². The van der Waals surface area contributed by atoms with E-state index in [1.807, 2.05) is 49.9 Å². The van der Waals surface area contributed by atoms with E-state index in [0.29, 0.717) is 6.54 Å². The lowest BCUT2D eigenvalue weighted by Gasteiger charge is -2.45. The molecule has 2 aromatic carbocycles. The highest BCUT2D eigenvalue weighted by Gasteiger charge is 2.37. The van der Waals surface area contributed by atoms with Crippen LogP contribution in [0.1, 0.15) is 44.9 Å². The molecule has 1 amide bonds. The number of hydrogen-bond donors (Lipinski definition) is 0. The zero-order valence-corrected chi connectivity index (χ0v) is 16.8. The van der Waals surface area contributed by atoms with Crippen LogP contribution in [-0.2, 0) is 11.3 Å². The van der Waals surface area contributed by atoms with Gasteiger partial charge < -0.3 is 4.74 Å². The third-order valence-corrected chi connectivity index (χ3v) is 4.91. The van der Waals surface area contributed by atoms with Crippen molar-refractivity contribution < 1.29 is 9.53 Å². The molecule has 0 unspecified atom stereocenters. The van der Waals surface area contributed by atoms with E-state index in [4.69, 9.17) is 4.74 Å². The molecule has 3 rings (SSSR count). The molecule has 0 N–H and O–H groups in total. The van der Waals surface area contributed by atoms with Crippen LogP contribution in [0.5, 0.6) is 0 Å². The van der Waals surface area contributed by atoms with Gasteiger partial charge in [-0.1, -0.05) is 60.7 Å². The second-order valence-corrected chi connectivity index (χ2v) is 8.32. The van der Waals surface area contributed by atoms with Crippen molar-refractivity contribution in [3.8, 4) is 0 Å². The van der Waals surface area contributed by atoms with Crippen LogP contribution in [0, 0.1) is 0 Å². The van der Waals surface area contributed by atoms with Crippen molar-refractivity contribution in [3.63, 3.8) is 0 Å². The van der Waals surface area contributed by atoms with Gasteiger partial charge in [-0.25, -0.2) is 4.79 Å². The summed E-state index contributed by atoms with van der Waals surface area (Å²) < 4.78 is 5.70. The van der Waals surface area contributed by atoms with Gasteiger partial charge in [-0.15, -0.1) is 0 Å². The summed E-state index contributed by atoms with van der Waals surface area (Å²) in [7, 11) is 0. The lowest BCUT2D eigenvalue weighted by Crippen LogP contribution is -2.55. The molecule has 2 atom stereocenters. The van der Waals surface area contributed by atoms with Crippen molar-refractivity contribution >= 4 is 6.09 Å². The van der Waals surface area contributed by atoms with E-state index in [1.165, 1.54) is 5.56 Å². The average Bonchev–Trinajstić information content (AvgIpc) is 2.63. The first-order chi connectivity index (χ1) is 12.8. The van der Waals surface area contributed by atoms with E-state index in [1.54, 1.807) is 0 Å². The predicted octanol–water partition coefficient (Wildman–Crippen LogP) is 4.87. The molecule has 0 aromatic heterocycles. The van der Waals surface area contributed by atoms with Crippen molar-refractivity contribution in [2.45, 2.75) is 51.9 Å². The van der Waals surface area contributed by atoms with Crippen LogP contribution in [0.2, 0.25) is 0 Å². The number of rotatable bonds is 3. The second-order valence-electron chi connectivity index (χ2n) is 8.32. The molecule has 1 heterocycles. The van der Waals surface area contributed by atoms with Gasteiger partial charge in [0.05, 0.1) is 6.04 Å². The van der Waals surface area contributed by atoms with Gasteiger partial charge in [0, 0.05) is 25.7 Å². The number of carbonyl (C=O) groups excluding carboxylic acids is 1. The third kappa shape index (κ3) is 5.10. The molecule has 2 aromatic rings. The van der Waals surface area contributed by atoms with E-state index in [-0.39, 0.29) is 18.2 Å². The van der Waals surface area contributed by atoms with E-state index < -0.39 is 5.60 Å². The summed E-state index contributed by atoms with van der Waals surface area (Å²) in [5, 5.41) is 0. The van der Waals surface area contributed by atoms with Gasteiger partial charge in [-0.2, -0.15) is 0 Å². The quantitative estimate of drug-likeness (QED) is 0.777. The van der Waals surface area contributed by atoms with Crippen LogP contribution in [0.3, 0.4) is 0 Å². The number of piperazine rings is 1. The summed E-state index contributed by atoms with van der Waals surface area (Å²) in [6, 6.07) is 21.0. The maximum Gasteiger partial charge on any atom is 0.410 e. The largest absolute Gasteiger partial charge is 0.444 e. The Morgan fingerprint density at radius 2 is 1.59 bits per heavy atom. The molecule has 0 radical (unpaired) electrons. The Morgan fingerprint density at radius 1 is 1.00 bits per heavy atom. The smallest absolute Gasteiger partial charge is 0.410 e. The fourth-order valence-electron chi connectivity index (χ4n) is 3.55. The van der Waals surface area contributed by atoms with Crippen LogP contribution >= 0.6 is 0 Å². The molecule has 1 aliphatic rings. The van der Waals surface area contributed by atoms with Gasteiger partial charge in [-0.3, -0.25) is 9.80 Å². The van der Waals surface area contributed by atoms with Crippen LogP contribution in [0.15, 0.2) is 60.7 Å². The van der Waals surface area contributed by atoms with Gasteiger partial charge in [0.15, 0.2) is 0 Å². The average molecular weight is 367 g/mol. The van der Waals surface area contributed by atoms with Gasteiger partial charge >= 0.3 is 6.09 Å². The SMILES string of the molecule is C[C@@H]1CN(C(=O)OC(C)(C)C)[C@@H](c2ccccc2)CN1Cc1ccccc1. The van der Waals surface area contributed by atoms with Crippen molar-refractivity contribution in [3.05, 3.63) is 71.8 Å². The Hall–Kier alpha value is -2.33. The maximum atomic E-state index is 12.9. The summed E-state index contributed by atoms with van der Waals surface area (Å²) >= 11 is 0. The van der Waals surface area contributed by atoms with Crippen molar-refractivity contribution in [1.29, 1.82) is 0 Å². The van der Waals surface area contributed by atoms with Crippen LogP contribution < -0.4 is 0 Å². The molecule has 27 heavy (non-hydrogen) atoms. The highest BCUT2D eigenvalue weighted by molar-refractivity contribution is 5.69. The molecule has 0 aliphatic carbocycles. The number of amides is 1. The molecule has 0 bridgehead atoms. The minimum absolute atomic E-state index is 0.0130. The molecular weight excluding hydrogens is 336 g/mol. The first-order valence-corrected chi connectivity index (χ1v) is 9.66. The van der Waals surface area contributed by atoms with Crippen molar-refractivity contribution in [2.75, 3.05) is 13.1 Å². The van der Waals surface area contributed by atoms with Gasteiger partial charge in [0.25, 0.3) is 0 Å². The normalized spacial score (nSPS) is 21.1. The van der Waals surface area contributed by atoms with E-state index in [0.717, 1.165) is 18.7 Å². The summed E-state index contributed by atoms with van der Waals surface area (Å²) in [4.78, 5) is 17.2. The molecule has 4 nitrogen and oxygen atoms in total. The molecule has 0 saturated carbocycles. The summed E-state index contributed by atoms with van der Waals surface area (Å²) in [5.41, 5.74) is 1.94. The Kier molecular flexibility index (Phi) is 5.85. The van der Waals surface area contributed by atoms with Crippen LogP contribution in [0.25, 0.3) is 0 Å². The number of hydrogen-bond acceptors (Lipinski definition) is 3. The number of nitrogens with zero attached hydrogens (tertiary/aromatic N) is 2. The molecule has 1 aliphatic heterocycles. The zero-order chi connectivity index (χ0) is 19.4. The highest BCUT2D eigenvalue weighted by atomic mass is 16.6. The molecule has 1 fully saturated rings.